The number of carbonyl (C=O) groups is 1. The van der Waals surface area contributed by atoms with E-state index in [-0.39, 0.29) is 12.2 Å². The monoisotopic (exact) mass is 321 g/mol. The van der Waals surface area contributed by atoms with Gasteiger partial charge in [-0.25, -0.2) is 4.79 Å². The molecular formula is C14H12BrNO3. The molecule has 0 saturated heterocycles. The molecule has 1 heterocycles. The third-order valence-electron chi connectivity index (χ3n) is 2.67. The summed E-state index contributed by atoms with van der Waals surface area (Å²) < 4.78 is 6.22. The molecular weight excluding hydrogens is 310 g/mol. The first-order valence-electron chi connectivity index (χ1n) is 5.64. The van der Waals surface area contributed by atoms with Crippen molar-refractivity contribution >= 4 is 21.9 Å². The predicted octanol–water partition coefficient (Wildman–Crippen LogP) is 3.43. The molecule has 98 valence electrons. The number of carboxylic acids is 1. The zero-order chi connectivity index (χ0) is 13.8. The maximum Gasteiger partial charge on any atom is 0.339 e. The van der Waals surface area contributed by atoms with Crippen molar-refractivity contribution in [1.29, 1.82) is 0 Å². The minimum atomic E-state index is -1.02. The molecule has 1 aromatic heterocycles. The number of halogens is 1. The van der Waals surface area contributed by atoms with E-state index < -0.39 is 5.97 Å². The Kier molecular flexibility index (Phi) is 4.16. The van der Waals surface area contributed by atoms with Crippen molar-refractivity contribution in [2.75, 3.05) is 0 Å². The molecule has 0 radical (unpaired) electrons. The summed E-state index contributed by atoms with van der Waals surface area (Å²) in [7, 11) is 0. The number of hydrogen-bond acceptors (Lipinski definition) is 3. The lowest BCUT2D eigenvalue weighted by molar-refractivity contribution is 0.0691. The third kappa shape index (κ3) is 3.12. The predicted molar refractivity (Wildman–Crippen MR) is 74.4 cm³/mol. The minimum absolute atomic E-state index is 0.128. The fourth-order valence-electron chi connectivity index (χ4n) is 1.63. The number of benzene rings is 1. The molecule has 0 unspecified atom stereocenters. The standard InChI is InChI=1S/C14H12BrNO3/c1-9-4-3-7-16-12(9)8-19-13-10(14(17)18)5-2-6-11(13)15/h2-7H,8H2,1H3,(H,17,18). The van der Waals surface area contributed by atoms with E-state index in [4.69, 9.17) is 9.84 Å². The van der Waals surface area contributed by atoms with Gasteiger partial charge < -0.3 is 9.84 Å². The average molecular weight is 322 g/mol. The second kappa shape index (κ2) is 5.84. The lowest BCUT2D eigenvalue weighted by atomic mass is 10.2. The van der Waals surface area contributed by atoms with E-state index in [9.17, 15) is 4.79 Å². The normalized spacial score (nSPS) is 10.2. The van der Waals surface area contributed by atoms with Crippen molar-refractivity contribution < 1.29 is 14.6 Å². The van der Waals surface area contributed by atoms with Crippen LogP contribution in [0.5, 0.6) is 5.75 Å². The molecule has 19 heavy (non-hydrogen) atoms. The van der Waals surface area contributed by atoms with E-state index in [0.717, 1.165) is 11.3 Å². The number of rotatable bonds is 4. The van der Waals surface area contributed by atoms with Gasteiger partial charge in [0.15, 0.2) is 0 Å². The number of aromatic carboxylic acids is 1. The first-order valence-corrected chi connectivity index (χ1v) is 6.44. The van der Waals surface area contributed by atoms with Crippen LogP contribution >= 0.6 is 15.9 Å². The van der Waals surface area contributed by atoms with Crippen LogP contribution in [-0.4, -0.2) is 16.1 Å². The fraction of sp³-hybridized carbons (Fsp3) is 0.143. The Bertz CT molecular complexity index is 613. The lowest BCUT2D eigenvalue weighted by Crippen LogP contribution is -2.06. The molecule has 5 heteroatoms. The second-order valence-corrected chi connectivity index (χ2v) is 4.83. The zero-order valence-corrected chi connectivity index (χ0v) is 11.8. The van der Waals surface area contributed by atoms with Gasteiger partial charge in [-0.2, -0.15) is 0 Å². The van der Waals surface area contributed by atoms with E-state index in [1.807, 2.05) is 19.1 Å². The molecule has 1 N–H and O–H groups in total. The minimum Gasteiger partial charge on any atom is -0.485 e. The van der Waals surface area contributed by atoms with Gasteiger partial charge in [0, 0.05) is 6.20 Å². The molecule has 0 bridgehead atoms. The van der Waals surface area contributed by atoms with E-state index in [2.05, 4.69) is 20.9 Å². The molecule has 0 amide bonds. The van der Waals surface area contributed by atoms with Crippen molar-refractivity contribution in [1.82, 2.24) is 4.98 Å². The quantitative estimate of drug-likeness (QED) is 0.937. The van der Waals surface area contributed by atoms with Crippen LogP contribution in [0.3, 0.4) is 0 Å². The largest absolute Gasteiger partial charge is 0.485 e. The van der Waals surface area contributed by atoms with Gasteiger partial charge in [-0.1, -0.05) is 12.1 Å². The van der Waals surface area contributed by atoms with E-state index in [1.165, 1.54) is 6.07 Å². The van der Waals surface area contributed by atoms with E-state index in [0.29, 0.717) is 10.2 Å². The van der Waals surface area contributed by atoms with Crippen molar-refractivity contribution in [3.05, 3.63) is 57.8 Å². The summed E-state index contributed by atoms with van der Waals surface area (Å²) in [6.07, 6.45) is 1.68. The van der Waals surface area contributed by atoms with Gasteiger partial charge in [0.1, 0.15) is 17.9 Å². The number of carboxylic acid groups (broad SMARTS) is 1. The van der Waals surface area contributed by atoms with Crippen LogP contribution in [0.1, 0.15) is 21.6 Å². The number of hydrogen-bond donors (Lipinski definition) is 1. The Labute approximate surface area is 119 Å². The molecule has 0 aliphatic heterocycles. The van der Waals surface area contributed by atoms with Crippen molar-refractivity contribution in [3.8, 4) is 5.75 Å². The number of aromatic nitrogens is 1. The van der Waals surface area contributed by atoms with Gasteiger partial charge in [0.05, 0.1) is 10.2 Å². The van der Waals surface area contributed by atoms with Crippen LogP contribution in [0.25, 0.3) is 0 Å². The molecule has 0 fully saturated rings. The molecule has 0 aliphatic carbocycles. The highest BCUT2D eigenvalue weighted by molar-refractivity contribution is 9.10. The van der Waals surface area contributed by atoms with Gasteiger partial charge in [0.25, 0.3) is 0 Å². The van der Waals surface area contributed by atoms with Crippen molar-refractivity contribution in [3.63, 3.8) is 0 Å². The number of nitrogens with zero attached hydrogens (tertiary/aromatic N) is 1. The number of para-hydroxylation sites is 1. The summed E-state index contributed by atoms with van der Waals surface area (Å²) >= 11 is 3.30. The lowest BCUT2D eigenvalue weighted by Gasteiger charge is -2.11. The Morgan fingerprint density at radius 1 is 1.37 bits per heavy atom. The summed E-state index contributed by atoms with van der Waals surface area (Å²) in [5.74, 6) is -0.700. The average Bonchev–Trinajstić information content (AvgIpc) is 2.38. The highest BCUT2D eigenvalue weighted by Gasteiger charge is 2.14. The summed E-state index contributed by atoms with van der Waals surface area (Å²) in [5.41, 5.74) is 1.92. The molecule has 0 saturated carbocycles. The maximum atomic E-state index is 11.1. The third-order valence-corrected chi connectivity index (χ3v) is 3.29. The Balaban J connectivity index is 2.25. The van der Waals surface area contributed by atoms with Crippen LogP contribution in [0.4, 0.5) is 0 Å². The number of pyridine rings is 1. The SMILES string of the molecule is Cc1cccnc1COc1c(Br)cccc1C(=O)O. The zero-order valence-electron chi connectivity index (χ0n) is 10.3. The second-order valence-electron chi connectivity index (χ2n) is 3.98. The molecule has 4 nitrogen and oxygen atoms in total. The Hall–Kier alpha value is -1.88. The number of aryl methyl sites for hydroxylation is 1. The highest BCUT2D eigenvalue weighted by Crippen LogP contribution is 2.29. The smallest absolute Gasteiger partial charge is 0.339 e. The molecule has 1 aromatic carbocycles. The summed E-state index contributed by atoms with van der Waals surface area (Å²) in [4.78, 5) is 15.3. The van der Waals surface area contributed by atoms with Gasteiger partial charge >= 0.3 is 5.97 Å². The van der Waals surface area contributed by atoms with Crippen LogP contribution in [-0.2, 0) is 6.61 Å². The van der Waals surface area contributed by atoms with Crippen molar-refractivity contribution in [2.24, 2.45) is 0 Å². The Morgan fingerprint density at radius 2 is 2.16 bits per heavy atom. The Morgan fingerprint density at radius 3 is 2.84 bits per heavy atom. The van der Waals surface area contributed by atoms with Gasteiger partial charge in [-0.3, -0.25) is 4.98 Å². The fourth-order valence-corrected chi connectivity index (χ4v) is 2.11. The van der Waals surface area contributed by atoms with Crippen molar-refractivity contribution in [2.45, 2.75) is 13.5 Å². The topological polar surface area (TPSA) is 59.4 Å². The first-order chi connectivity index (χ1) is 9.09. The summed E-state index contributed by atoms with van der Waals surface area (Å²) in [5, 5.41) is 9.13. The van der Waals surface area contributed by atoms with Crippen LogP contribution < -0.4 is 4.74 Å². The van der Waals surface area contributed by atoms with E-state index >= 15 is 0 Å². The first kappa shape index (κ1) is 13.5. The number of ether oxygens (including phenoxy) is 1. The highest BCUT2D eigenvalue weighted by atomic mass is 79.9. The molecule has 0 atom stereocenters. The molecule has 0 spiro atoms. The van der Waals surface area contributed by atoms with Crippen LogP contribution in [0.15, 0.2) is 41.0 Å². The molecule has 2 rings (SSSR count). The van der Waals surface area contributed by atoms with Gasteiger partial charge in [-0.05, 0) is 46.6 Å². The van der Waals surface area contributed by atoms with Gasteiger partial charge in [-0.15, -0.1) is 0 Å². The molecule has 0 aliphatic rings. The van der Waals surface area contributed by atoms with Gasteiger partial charge in [0.2, 0.25) is 0 Å². The summed E-state index contributed by atoms with van der Waals surface area (Å²) in [6, 6.07) is 8.69. The van der Waals surface area contributed by atoms with E-state index in [1.54, 1.807) is 18.3 Å². The van der Waals surface area contributed by atoms with Crippen LogP contribution in [0.2, 0.25) is 0 Å². The van der Waals surface area contributed by atoms with Crippen LogP contribution in [0, 0.1) is 6.92 Å². The molecule has 2 aromatic rings. The maximum absolute atomic E-state index is 11.1. The summed E-state index contributed by atoms with van der Waals surface area (Å²) in [6.45, 7) is 2.17.